The van der Waals surface area contributed by atoms with Crippen LogP contribution in [0.1, 0.15) is 40.0 Å². The Morgan fingerprint density at radius 3 is 3.00 bits per heavy atom. The summed E-state index contributed by atoms with van der Waals surface area (Å²) >= 11 is 0. The van der Waals surface area contributed by atoms with Gasteiger partial charge in [-0.05, 0) is 30.1 Å². The maximum absolute atomic E-state index is 2.51. The van der Waals surface area contributed by atoms with E-state index in [1.807, 2.05) is 0 Å². The first-order chi connectivity index (χ1) is 5.16. The van der Waals surface area contributed by atoms with E-state index in [-0.39, 0.29) is 0 Å². The van der Waals surface area contributed by atoms with E-state index in [2.05, 4.69) is 26.8 Å². The standard InChI is InChI=1S/C11H18/c1-4-9-5-8(2)6-10-7-11(9,10)3/h6,8-9H,4-5,7H2,1-3H3. The highest BCUT2D eigenvalue weighted by Crippen LogP contribution is 2.62. The van der Waals surface area contributed by atoms with Crippen molar-refractivity contribution in [2.75, 3.05) is 0 Å². The molecule has 1 saturated carbocycles. The molecule has 0 spiro atoms. The molecule has 11 heavy (non-hydrogen) atoms. The van der Waals surface area contributed by atoms with Crippen molar-refractivity contribution in [1.29, 1.82) is 0 Å². The summed E-state index contributed by atoms with van der Waals surface area (Å²) in [5.41, 5.74) is 2.41. The highest BCUT2D eigenvalue weighted by Gasteiger charge is 2.51. The first kappa shape index (κ1) is 7.39. The monoisotopic (exact) mass is 150 g/mol. The van der Waals surface area contributed by atoms with Gasteiger partial charge in [-0.2, -0.15) is 0 Å². The second-order valence-electron chi connectivity index (χ2n) is 4.60. The maximum atomic E-state index is 2.51. The number of hydrogen-bond acceptors (Lipinski definition) is 0. The first-order valence-corrected chi connectivity index (χ1v) is 4.88. The highest BCUT2D eigenvalue weighted by atomic mass is 14.6. The summed E-state index contributed by atoms with van der Waals surface area (Å²) in [7, 11) is 0. The minimum absolute atomic E-state index is 0.654. The average molecular weight is 150 g/mol. The van der Waals surface area contributed by atoms with Crippen molar-refractivity contribution in [2.24, 2.45) is 17.3 Å². The van der Waals surface area contributed by atoms with Crippen molar-refractivity contribution in [3.05, 3.63) is 11.6 Å². The van der Waals surface area contributed by atoms with E-state index < -0.39 is 0 Å². The van der Waals surface area contributed by atoms with E-state index in [0.29, 0.717) is 5.41 Å². The molecular formula is C11H18. The van der Waals surface area contributed by atoms with Crippen LogP contribution in [0.5, 0.6) is 0 Å². The van der Waals surface area contributed by atoms with Gasteiger partial charge in [0.1, 0.15) is 0 Å². The van der Waals surface area contributed by atoms with Crippen LogP contribution in [0.15, 0.2) is 11.6 Å². The van der Waals surface area contributed by atoms with Crippen molar-refractivity contribution in [3.8, 4) is 0 Å². The van der Waals surface area contributed by atoms with Crippen LogP contribution in [0.25, 0.3) is 0 Å². The minimum Gasteiger partial charge on any atom is -0.0819 e. The summed E-state index contributed by atoms with van der Waals surface area (Å²) in [6.07, 6.45) is 6.71. The molecule has 1 fully saturated rings. The molecule has 0 aromatic carbocycles. The van der Waals surface area contributed by atoms with Gasteiger partial charge in [-0.25, -0.2) is 0 Å². The number of rotatable bonds is 1. The smallest absolute Gasteiger partial charge is 0.00503 e. The molecule has 2 aliphatic rings. The fourth-order valence-electron chi connectivity index (χ4n) is 2.74. The number of allylic oxidation sites excluding steroid dienone is 2. The molecule has 0 amide bonds. The quantitative estimate of drug-likeness (QED) is 0.503. The van der Waals surface area contributed by atoms with Gasteiger partial charge in [-0.15, -0.1) is 0 Å². The molecule has 62 valence electrons. The van der Waals surface area contributed by atoms with Gasteiger partial charge in [-0.1, -0.05) is 38.8 Å². The molecule has 0 aromatic heterocycles. The van der Waals surface area contributed by atoms with Gasteiger partial charge in [0, 0.05) is 0 Å². The van der Waals surface area contributed by atoms with Crippen LogP contribution in [-0.2, 0) is 0 Å². The Bertz CT molecular complexity index is 202. The molecule has 0 saturated heterocycles. The topological polar surface area (TPSA) is 0 Å². The van der Waals surface area contributed by atoms with Crippen molar-refractivity contribution >= 4 is 0 Å². The average Bonchev–Trinajstić information content (AvgIpc) is 2.59. The van der Waals surface area contributed by atoms with Crippen molar-refractivity contribution in [2.45, 2.75) is 40.0 Å². The van der Waals surface area contributed by atoms with E-state index in [9.17, 15) is 0 Å². The summed E-state index contributed by atoms with van der Waals surface area (Å²) in [5.74, 6) is 1.84. The zero-order valence-corrected chi connectivity index (χ0v) is 7.85. The molecule has 0 nitrogen and oxygen atoms in total. The van der Waals surface area contributed by atoms with E-state index in [4.69, 9.17) is 0 Å². The Morgan fingerprint density at radius 2 is 2.36 bits per heavy atom. The van der Waals surface area contributed by atoms with E-state index in [0.717, 1.165) is 11.8 Å². The summed E-state index contributed by atoms with van der Waals surface area (Å²) in [6, 6.07) is 0. The fourth-order valence-corrected chi connectivity index (χ4v) is 2.74. The zero-order chi connectivity index (χ0) is 8.06. The van der Waals surface area contributed by atoms with Gasteiger partial charge in [0.2, 0.25) is 0 Å². The first-order valence-electron chi connectivity index (χ1n) is 4.88. The van der Waals surface area contributed by atoms with Crippen molar-refractivity contribution in [3.63, 3.8) is 0 Å². The van der Waals surface area contributed by atoms with E-state index >= 15 is 0 Å². The highest BCUT2D eigenvalue weighted by molar-refractivity contribution is 5.35. The fraction of sp³-hybridized carbons (Fsp3) is 0.818. The van der Waals surface area contributed by atoms with Gasteiger partial charge < -0.3 is 0 Å². The van der Waals surface area contributed by atoms with Crippen LogP contribution < -0.4 is 0 Å². The molecule has 0 aromatic rings. The van der Waals surface area contributed by atoms with Crippen LogP contribution >= 0.6 is 0 Å². The lowest BCUT2D eigenvalue weighted by atomic mass is 9.78. The van der Waals surface area contributed by atoms with Crippen molar-refractivity contribution < 1.29 is 0 Å². The minimum atomic E-state index is 0.654. The lowest BCUT2D eigenvalue weighted by Crippen LogP contribution is -2.18. The third kappa shape index (κ3) is 0.953. The molecule has 0 heterocycles. The third-order valence-corrected chi connectivity index (χ3v) is 3.70. The maximum Gasteiger partial charge on any atom is -0.00503 e. The van der Waals surface area contributed by atoms with Gasteiger partial charge in [0.05, 0.1) is 0 Å². The van der Waals surface area contributed by atoms with E-state index in [1.165, 1.54) is 19.3 Å². The predicted octanol–water partition coefficient (Wildman–Crippen LogP) is 3.39. The predicted molar refractivity (Wildman–Crippen MR) is 48.4 cm³/mol. The third-order valence-electron chi connectivity index (χ3n) is 3.70. The van der Waals surface area contributed by atoms with Gasteiger partial charge in [0.15, 0.2) is 0 Å². The van der Waals surface area contributed by atoms with Crippen LogP contribution in [0.2, 0.25) is 0 Å². The lowest BCUT2D eigenvalue weighted by Gasteiger charge is -2.27. The Labute approximate surface area is 69.7 Å². The molecule has 0 radical (unpaired) electrons. The van der Waals surface area contributed by atoms with Gasteiger partial charge in [0.25, 0.3) is 0 Å². The van der Waals surface area contributed by atoms with Crippen molar-refractivity contribution in [1.82, 2.24) is 0 Å². The van der Waals surface area contributed by atoms with Crippen LogP contribution in [0, 0.1) is 17.3 Å². The Kier molecular flexibility index (Phi) is 1.42. The lowest BCUT2D eigenvalue weighted by molar-refractivity contribution is 0.281. The van der Waals surface area contributed by atoms with Gasteiger partial charge in [-0.3, -0.25) is 0 Å². The summed E-state index contributed by atoms with van der Waals surface area (Å²) < 4.78 is 0. The summed E-state index contributed by atoms with van der Waals surface area (Å²) in [5, 5.41) is 0. The Hall–Kier alpha value is -0.260. The molecule has 0 N–H and O–H groups in total. The normalized spacial score (nSPS) is 48.1. The molecule has 2 rings (SSSR count). The molecule has 0 aliphatic heterocycles. The summed E-state index contributed by atoms with van der Waals surface area (Å²) in [6.45, 7) is 7.14. The Morgan fingerprint density at radius 1 is 1.64 bits per heavy atom. The second kappa shape index (κ2) is 2.12. The molecular weight excluding hydrogens is 132 g/mol. The molecule has 3 unspecified atom stereocenters. The molecule has 3 atom stereocenters. The van der Waals surface area contributed by atoms with E-state index in [1.54, 1.807) is 5.57 Å². The van der Waals surface area contributed by atoms with Gasteiger partial charge >= 0.3 is 0 Å². The second-order valence-corrected chi connectivity index (χ2v) is 4.60. The molecule has 0 bridgehead atoms. The number of hydrogen-bond donors (Lipinski definition) is 0. The SMILES string of the molecule is CCC1CC(C)C=C2CC21C. The van der Waals surface area contributed by atoms with Crippen LogP contribution in [-0.4, -0.2) is 0 Å². The van der Waals surface area contributed by atoms with Crippen LogP contribution in [0.4, 0.5) is 0 Å². The Balaban J connectivity index is 2.21. The summed E-state index contributed by atoms with van der Waals surface area (Å²) in [4.78, 5) is 0. The largest absolute Gasteiger partial charge is 0.0819 e. The van der Waals surface area contributed by atoms with Crippen LogP contribution in [0.3, 0.4) is 0 Å². The zero-order valence-electron chi connectivity index (χ0n) is 7.85. The molecule has 0 heteroatoms. The number of fused-ring (bicyclic) bond motifs is 1. The molecule has 2 aliphatic carbocycles.